The van der Waals surface area contributed by atoms with E-state index in [0.29, 0.717) is 17.8 Å². The largest absolute Gasteiger partial charge is 0.457 e. The first kappa shape index (κ1) is 19.6. The molecule has 3 rings (SSSR count). The highest BCUT2D eigenvalue weighted by atomic mass is 32.2. The van der Waals surface area contributed by atoms with E-state index in [4.69, 9.17) is 4.74 Å². The first-order valence-electron chi connectivity index (χ1n) is 8.91. The zero-order valence-electron chi connectivity index (χ0n) is 15.5. The lowest BCUT2D eigenvalue weighted by molar-refractivity contribution is 0.0472. The van der Waals surface area contributed by atoms with Gasteiger partial charge >= 0.3 is 5.97 Å². The zero-order valence-corrected chi connectivity index (χ0v) is 16.3. The van der Waals surface area contributed by atoms with Crippen LogP contribution in [-0.2, 0) is 21.4 Å². The van der Waals surface area contributed by atoms with Gasteiger partial charge in [0.25, 0.3) is 10.0 Å². The Balaban J connectivity index is 1.74. The van der Waals surface area contributed by atoms with Crippen molar-refractivity contribution in [3.63, 3.8) is 0 Å². The lowest BCUT2D eigenvalue weighted by atomic mass is 10.2. The molecular formula is C22H21NO4S. The lowest BCUT2D eigenvalue weighted by Crippen LogP contribution is -2.30. The molecule has 0 bridgehead atoms. The van der Waals surface area contributed by atoms with Crippen LogP contribution in [0.1, 0.15) is 22.8 Å². The summed E-state index contributed by atoms with van der Waals surface area (Å²) in [6.45, 7) is 2.24. The van der Waals surface area contributed by atoms with Crippen LogP contribution in [0.2, 0.25) is 0 Å². The second kappa shape index (κ2) is 8.71. The Labute approximate surface area is 165 Å². The smallest absolute Gasteiger partial charge is 0.338 e. The van der Waals surface area contributed by atoms with Crippen LogP contribution in [0.4, 0.5) is 5.69 Å². The predicted molar refractivity (Wildman–Crippen MR) is 109 cm³/mol. The summed E-state index contributed by atoms with van der Waals surface area (Å²) in [5.41, 5.74) is 1.78. The monoisotopic (exact) mass is 395 g/mol. The number of benzene rings is 3. The Kier molecular flexibility index (Phi) is 6.11. The molecule has 3 aromatic rings. The van der Waals surface area contributed by atoms with Gasteiger partial charge in [0.15, 0.2) is 0 Å². The molecule has 0 aliphatic heterocycles. The molecule has 0 saturated heterocycles. The molecule has 5 nitrogen and oxygen atoms in total. The summed E-state index contributed by atoms with van der Waals surface area (Å²) in [4.78, 5) is 12.3. The van der Waals surface area contributed by atoms with Crippen LogP contribution >= 0.6 is 0 Å². The Morgan fingerprint density at radius 1 is 0.857 bits per heavy atom. The number of carbonyl (C=O) groups excluding carboxylic acids is 1. The molecule has 0 aliphatic carbocycles. The lowest BCUT2D eigenvalue weighted by Gasteiger charge is -2.22. The number of hydrogen-bond donors (Lipinski definition) is 0. The maximum Gasteiger partial charge on any atom is 0.338 e. The van der Waals surface area contributed by atoms with Gasteiger partial charge < -0.3 is 4.74 Å². The third-order valence-electron chi connectivity index (χ3n) is 4.22. The normalized spacial score (nSPS) is 11.0. The van der Waals surface area contributed by atoms with Gasteiger partial charge in [-0.3, -0.25) is 4.31 Å². The minimum absolute atomic E-state index is 0.123. The van der Waals surface area contributed by atoms with Gasteiger partial charge in [-0.2, -0.15) is 0 Å². The van der Waals surface area contributed by atoms with Gasteiger partial charge in [0, 0.05) is 6.54 Å². The molecule has 0 radical (unpaired) electrons. The van der Waals surface area contributed by atoms with Crippen LogP contribution in [0.25, 0.3) is 0 Å². The number of rotatable bonds is 7. The second-order valence-electron chi connectivity index (χ2n) is 6.09. The molecule has 0 aliphatic rings. The minimum Gasteiger partial charge on any atom is -0.457 e. The van der Waals surface area contributed by atoms with Crippen LogP contribution in [-0.4, -0.2) is 20.9 Å². The van der Waals surface area contributed by atoms with Gasteiger partial charge in [-0.25, -0.2) is 13.2 Å². The van der Waals surface area contributed by atoms with Crippen molar-refractivity contribution in [3.8, 4) is 0 Å². The summed E-state index contributed by atoms with van der Waals surface area (Å²) in [7, 11) is -3.72. The summed E-state index contributed by atoms with van der Waals surface area (Å²) in [6, 6.07) is 24.1. The van der Waals surface area contributed by atoms with Crippen LogP contribution < -0.4 is 4.31 Å². The number of esters is 1. The number of hydrogen-bond acceptors (Lipinski definition) is 4. The number of sulfonamides is 1. The SMILES string of the molecule is CCN(c1ccccc1)S(=O)(=O)c1ccc(C(=O)OCc2ccccc2)cc1. The second-order valence-corrected chi connectivity index (χ2v) is 7.95. The maximum atomic E-state index is 13.0. The van der Waals surface area contributed by atoms with E-state index < -0.39 is 16.0 Å². The van der Waals surface area contributed by atoms with Gasteiger partial charge in [-0.1, -0.05) is 48.5 Å². The molecule has 0 spiro atoms. The third kappa shape index (κ3) is 4.40. The molecule has 0 N–H and O–H groups in total. The molecule has 0 saturated carbocycles. The van der Waals surface area contributed by atoms with E-state index in [0.717, 1.165) is 5.56 Å². The predicted octanol–water partition coefficient (Wildman–Crippen LogP) is 4.26. The average molecular weight is 395 g/mol. The van der Waals surface area contributed by atoms with Crippen molar-refractivity contribution < 1.29 is 17.9 Å². The topological polar surface area (TPSA) is 63.7 Å². The van der Waals surface area contributed by atoms with E-state index >= 15 is 0 Å². The maximum absolute atomic E-state index is 13.0. The number of para-hydroxylation sites is 1. The summed E-state index contributed by atoms with van der Waals surface area (Å²) < 4.78 is 32.5. The van der Waals surface area contributed by atoms with E-state index in [2.05, 4.69) is 0 Å². The zero-order chi connectivity index (χ0) is 20.0. The summed E-state index contributed by atoms with van der Waals surface area (Å²) in [5, 5.41) is 0. The molecule has 0 aromatic heterocycles. The molecule has 0 unspecified atom stereocenters. The van der Waals surface area contributed by atoms with E-state index in [1.807, 2.05) is 36.4 Å². The van der Waals surface area contributed by atoms with Crippen molar-refractivity contribution >= 4 is 21.7 Å². The Morgan fingerprint density at radius 2 is 1.43 bits per heavy atom. The molecule has 0 atom stereocenters. The van der Waals surface area contributed by atoms with Crippen LogP contribution in [0.5, 0.6) is 0 Å². The van der Waals surface area contributed by atoms with Gasteiger partial charge in [0.1, 0.15) is 6.61 Å². The number of carbonyl (C=O) groups is 1. The van der Waals surface area contributed by atoms with E-state index in [-0.39, 0.29) is 11.5 Å². The first-order chi connectivity index (χ1) is 13.5. The van der Waals surface area contributed by atoms with Crippen LogP contribution in [0.3, 0.4) is 0 Å². The van der Waals surface area contributed by atoms with E-state index in [1.165, 1.54) is 28.6 Å². The van der Waals surface area contributed by atoms with Gasteiger partial charge in [0.05, 0.1) is 16.1 Å². The summed E-state index contributed by atoms with van der Waals surface area (Å²) >= 11 is 0. The van der Waals surface area contributed by atoms with Crippen molar-refractivity contribution in [3.05, 3.63) is 96.1 Å². The fourth-order valence-corrected chi connectivity index (χ4v) is 4.26. The molecule has 6 heteroatoms. The minimum atomic E-state index is -3.72. The van der Waals surface area contributed by atoms with Gasteiger partial charge in [-0.05, 0) is 48.9 Å². The standard InChI is InChI=1S/C22H21NO4S/c1-2-23(20-11-7-4-8-12-20)28(25,26)21-15-13-19(14-16-21)22(24)27-17-18-9-5-3-6-10-18/h3-16H,2,17H2,1H3. The Hall–Kier alpha value is -3.12. The van der Waals surface area contributed by atoms with Crippen molar-refractivity contribution in [1.82, 2.24) is 0 Å². The molecule has 0 heterocycles. The molecule has 144 valence electrons. The molecule has 28 heavy (non-hydrogen) atoms. The Bertz CT molecular complexity index is 1020. The molecule has 3 aromatic carbocycles. The Morgan fingerprint density at radius 3 is 2.00 bits per heavy atom. The van der Waals surface area contributed by atoms with Crippen molar-refractivity contribution in [2.75, 3.05) is 10.8 Å². The van der Waals surface area contributed by atoms with Crippen molar-refractivity contribution in [2.45, 2.75) is 18.4 Å². The molecular weight excluding hydrogens is 374 g/mol. The average Bonchev–Trinajstić information content (AvgIpc) is 2.74. The molecule has 0 amide bonds. The summed E-state index contributed by atoms with van der Waals surface area (Å²) in [6.07, 6.45) is 0. The van der Waals surface area contributed by atoms with Gasteiger partial charge in [0.2, 0.25) is 0 Å². The van der Waals surface area contributed by atoms with Gasteiger partial charge in [-0.15, -0.1) is 0 Å². The summed E-state index contributed by atoms with van der Waals surface area (Å²) in [5.74, 6) is -0.497. The molecule has 0 fully saturated rings. The quantitative estimate of drug-likeness (QED) is 0.561. The number of ether oxygens (including phenoxy) is 1. The fraction of sp³-hybridized carbons (Fsp3) is 0.136. The highest BCUT2D eigenvalue weighted by Gasteiger charge is 2.23. The van der Waals surface area contributed by atoms with Crippen molar-refractivity contribution in [2.24, 2.45) is 0 Å². The van der Waals surface area contributed by atoms with Crippen LogP contribution in [0.15, 0.2) is 89.8 Å². The number of anilines is 1. The number of nitrogens with zero attached hydrogens (tertiary/aromatic N) is 1. The van der Waals surface area contributed by atoms with Crippen molar-refractivity contribution in [1.29, 1.82) is 0 Å². The van der Waals surface area contributed by atoms with Crippen LogP contribution in [0, 0.1) is 0 Å². The highest BCUT2D eigenvalue weighted by Crippen LogP contribution is 2.23. The van der Waals surface area contributed by atoms with E-state index in [9.17, 15) is 13.2 Å². The third-order valence-corrected chi connectivity index (χ3v) is 6.14. The highest BCUT2D eigenvalue weighted by molar-refractivity contribution is 7.92. The van der Waals surface area contributed by atoms with E-state index in [1.54, 1.807) is 31.2 Å². The first-order valence-corrected chi connectivity index (χ1v) is 10.4. The fourth-order valence-electron chi connectivity index (χ4n) is 2.78.